The number of benzene rings is 1. The molecule has 0 aliphatic carbocycles. The summed E-state index contributed by atoms with van der Waals surface area (Å²) in [5.74, 6) is 0. The molecular weight excluding hydrogens is 246 g/mol. The van der Waals surface area contributed by atoms with Gasteiger partial charge in [0.1, 0.15) is 0 Å². The van der Waals surface area contributed by atoms with Gasteiger partial charge >= 0.3 is 6.09 Å². The Labute approximate surface area is 91.3 Å². The Morgan fingerprint density at radius 2 is 2.36 bits per heavy atom. The van der Waals surface area contributed by atoms with Gasteiger partial charge in [0.05, 0.1) is 0 Å². The molecule has 76 valence electrons. The number of nitrogens with one attached hydrogen (secondary N) is 1. The zero-order chi connectivity index (χ0) is 10.6. The number of carbonyl (C=O) groups is 1. The molecule has 2 N–H and O–H groups in total. The van der Waals surface area contributed by atoms with E-state index in [2.05, 4.69) is 21.2 Å². The van der Waals surface area contributed by atoms with E-state index >= 15 is 0 Å². The highest BCUT2D eigenvalue weighted by atomic mass is 79.9. The smallest absolute Gasteiger partial charge is 0.404 e. The van der Waals surface area contributed by atoms with Crippen LogP contribution < -0.4 is 5.32 Å². The number of hydrogen-bond donors (Lipinski definition) is 2. The van der Waals surface area contributed by atoms with Crippen LogP contribution in [0, 0.1) is 0 Å². The van der Waals surface area contributed by atoms with Gasteiger partial charge in [-0.05, 0) is 31.0 Å². The summed E-state index contributed by atoms with van der Waals surface area (Å²) in [4.78, 5) is 10.3. The summed E-state index contributed by atoms with van der Waals surface area (Å²) in [5, 5.41) is 10.9. The minimum Gasteiger partial charge on any atom is -0.465 e. The van der Waals surface area contributed by atoms with Crippen LogP contribution in [0.4, 0.5) is 4.79 Å². The predicted molar refractivity (Wildman–Crippen MR) is 58.5 cm³/mol. The van der Waals surface area contributed by atoms with Crippen LogP contribution in [0.1, 0.15) is 12.5 Å². The third-order valence-corrected chi connectivity index (χ3v) is 2.29. The van der Waals surface area contributed by atoms with Gasteiger partial charge in [-0.15, -0.1) is 0 Å². The molecule has 0 saturated heterocycles. The molecular formula is C10H12BrNO2. The quantitative estimate of drug-likeness (QED) is 0.875. The van der Waals surface area contributed by atoms with E-state index in [4.69, 9.17) is 5.11 Å². The lowest BCUT2D eigenvalue weighted by Crippen LogP contribution is -2.32. The standard InChI is InChI=1S/C10H12BrNO2/c1-7(12-10(13)14)5-8-3-2-4-9(11)6-8/h2-4,6-7,12H,5H2,1H3,(H,13,14). The highest BCUT2D eigenvalue weighted by molar-refractivity contribution is 9.10. The second kappa shape index (κ2) is 5.00. The zero-order valence-electron chi connectivity index (χ0n) is 7.83. The Morgan fingerprint density at radius 1 is 1.64 bits per heavy atom. The third-order valence-electron chi connectivity index (χ3n) is 1.80. The van der Waals surface area contributed by atoms with Crippen molar-refractivity contribution in [1.29, 1.82) is 0 Å². The Morgan fingerprint density at radius 3 is 2.93 bits per heavy atom. The average Bonchev–Trinajstić information content (AvgIpc) is 2.01. The molecule has 0 aliphatic heterocycles. The van der Waals surface area contributed by atoms with Crippen molar-refractivity contribution in [3.05, 3.63) is 34.3 Å². The molecule has 0 bridgehead atoms. The highest BCUT2D eigenvalue weighted by Gasteiger charge is 2.05. The van der Waals surface area contributed by atoms with Gasteiger partial charge in [0.15, 0.2) is 0 Å². The van der Waals surface area contributed by atoms with Gasteiger partial charge < -0.3 is 10.4 Å². The first-order chi connectivity index (χ1) is 6.58. The number of rotatable bonds is 3. The molecule has 1 aromatic rings. The molecule has 0 fully saturated rings. The van der Waals surface area contributed by atoms with Gasteiger partial charge in [0.2, 0.25) is 0 Å². The van der Waals surface area contributed by atoms with Crippen molar-refractivity contribution in [1.82, 2.24) is 5.32 Å². The number of carboxylic acid groups (broad SMARTS) is 1. The minimum absolute atomic E-state index is 0.0678. The molecule has 0 radical (unpaired) electrons. The number of halogens is 1. The summed E-state index contributed by atoms with van der Waals surface area (Å²) >= 11 is 3.37. The van der Waals surface area contributed by atoms with E-state index < -0.39 is 6.09 Å². The van der Waals surface area contributed by atoms with E-state index in [1.807, 2.05) is 31.2 Å². The highest BCUT2D eigenvalue weighted by Crippen LogP contribution is 2.12. The Kier molecular flexibility index (Phi) is 3.95. The first-order valence-corrected chi connectivity index (χ1v) is 5.11. The van der Waals surface area contributed by atoms with E-state index in [1.54, 1.807) is 0 Å². The van der Waals surface area contributed by atoms with Crippen LogP contribution in [0.15, 0.2) is 28.7 Å². The van der Waals surface area contributed by atoms with Crippen molar-refractivity contribution < 1.29 is 9.90 Å². The van der Waals surface area contributed by atoms with Crippen molar-refractivity contribution in [2.24, 2.45) is 0 Å². The summed E-state index contributed by atoms with van der Waals surface area (Å²) in [6.45, 7) is 1.84. The van der Waals surface area contributed by atoms with Crippen LogP contribution in [0.5, 0.6) is 0 Å². The van der Waals surface area contributed by atoms with Crippen molar-refractivity contribution in [3.63, 3.8) is 0 Å². The van der Waals surface area contributed by atoms with Crippen molar-refractivity contribution >= 4 is 22.0 Å². The summed E-state index contributed by atoms with van der Waals surface area (Å²) in [6.07, 6.45) is -0.279. The molecule has 0 aromatic heterocycles. The Hall–Kier alpha value is -1.03. The second-order valence-corrected chi connectivity index (χ2v) is 4.10. The minimum atomic E-state index is -0.979. The molecule has 4 heteroatoms. The van der Waals surface area contributed by atoms with Crippen molar-refractivity contribution in [2.45, 2.75) is 19.4 Å². The molecule has 1 aromatic carbocycles. The molecule has 0 spiro atoms. The van der Waals surface area contributed by atoms with Crippen LogP contribution in [0.25, 0.3) is 0 Å². The fraction of sp³-hybridized carbons (Fsp3) is 0.300. The molecule has 1 unspecified atom stereocenters. The van der Waals surface area contributed by atoms with Crippen LogP contribution in [-0.4, -0.2) is 17.2 Å². The lowest BCUT2D eigenvalue weighted by Gasteiger charge is -2.11. The molecule has 3 nitrogen and oxygen atoms in total. The maximum absolute atomic E-state index is 10.3. The van der Waals surface area contributed by atoms with E-state index in [0.29, 0.717) is 6.42 Å². The normalized spacial score (nSPS) is 12.1. The predicted octanol–water partition coefficient (Wildman–Crippen LogP) is 2.65. The molecule has 1 atom stereocenters. The van der Waals surface area contributed by atoms with Crippen LogP contribution in [0.2, 0.25) is 0 Å². The molecule has 0 aliphatic rings. The van der Waals surface area contributed by atoms with Gasteiger partial charge in [-0.2, -0.15) is 0 Å². The number of hydrogen-bond acceptors (Lipinski definition) is 1. The van der Waals surface area contributed by atoms with Crippen LogP contribution in [0.3, 0.4) is 0 Å². The topological polar surface area (TPSA) is 49.3 Å². The SMILES string of the molecule is CC(Cc1cccc(Br)c1)NC(=O)O. The van der Waals surface area contributed by atoms with Gasteiger partial charge in [-0.3, -0.25) is 0 Å². The molecule has 0 heterocycles. The first kappa shape index (κ1) is 11.0. The number of amides is 1. The van der Waals surface area contributed by atoms with Gasteiger partial charge in [0.25, 0.3) is 0 Å². The maximum Gasteiger partial charge on any atom is 0.404 e. The summed E-state index contributed by atoms with van der Waals surface area (Å²) in [7, 11) is 0. The summed E-state index contributed by atoms with van der Waals surface area (Å²) in [5.41, 5.74) is 1.11. The summed E-state index contributed by atoms with van der Waals surface area (Å²) < 4.78 is 1.01. The first-order valence-electron chi connectivity index (χ1n) is 4.32. The lowest BCUT2D eigenvalue weighted by atomic mass is 10.1. The van der Waals surface area contributed by atoms with Crippen molar-refractivity contribution in [2.75, 3.05) is 0 Å². The fourth-order valence-electron chi connectivity index (χ4n) is 1.28. The summed E-state index contributed by atoms with van der Waals surface area (Å²) in [6, 6.07) is 7.78. The molecule has 0 saturated carbocycles. The molecule has 14 heavy (non-hydrogen) atoms. The van der Waals surface area contributed by atoms with E-state index in [1.165, 1.54) is 0 Å². The second-order valence-electron chi connectivity index (χ2n) is 3.18. The molecule has 1 amide bonds. The zero-order valence-corrected chi connectivity index (χ0v) is 9.41. The van der Waals surface area contributed by atoms with Crippen LogP contribution in [-0.2, 0) is 6.42 Å². The molecule has 1 rings (SSSR count). The average molecular weight is 258 g/mol. The maximum atomic E-state index is 10.3. The monoisotopic (exact) mass is 257 g/mol. The van der Waals surface area contributed by atoms with Crippen LogP contribution >= 0.6 is 15.9 Å². The fourth-order valence-corrected chi connectivity index (χ4v) is 1.73. The third kappa shape index (κ3) is 3.79. The van der Waals surface area contributed by atoms with E-state index in [0.717, 1.165) is 10.0 Å². The Bertz CT molecular complexity index is 328. The van der Waals surface area contributed by atoms with E-state index in [-0.39, 0.29) is 6.04 Å². The van der Waals surface area contributed by atoms with Crippen molar-refractivity contribution in [3.8, 4) is 0 Å². The van der Waals surface area contributed by atoms with E-state index in [9.17, 15) is 4.79 Å². The largest absolute Gasteiger partial charge is 0.465 e. The van der Waals surface area contributed by atoms with Gasteiger partial charge in [-0.1, -0.05) is 28.1 Å². The van der Waals surface area contributed by atoms with Gasteiger partial charge in [-0.25, -0.2) is 4.79 Å². The lowest BCUT2D eigenvalue weighted by molar-refractivity contribution is 0.190. The Balaban J connectivity index is 2.55. The van der Waals surface area contributed by atoms with Gasteiger partial charge in [0, 0.05) is 10.5 Å².